The van der Waals surface area contributed by atoms with Crippen LogP contribution in [0.5, 0.6) is 0 Å². The van der Waals surface area contributed by atoms with Crippen LogP contribution in [-0.2, 0) is 9.59 Å². The Bertz CT molecular complexity index is 215. The Kier molecular flexibility index (Phi) is 4.04. The van der Waals surface area contributed by atoms with Crippen molar-refractivity contribution in [3.8, 4) is 0 Å². The van der Waals surface area contributed by atoms with E-state index >= 15 is 0 Å². The van der Waals surface area contributed by atoms with Crippen molar-refractivity contribution < 1.29 is 19.8 Å². The standard InChI is InChI=1S/C8H12O4/c1-5(2)3-6(8(11)12)4-7(9)10/h4-5H,3H2,1-2H3,(H,9,10)(H,11,12). The average Bonchev–Trinajstić information content (AvgIpc) is 1.83. The summed E-state index contributed by atoms with van der Waals surface area (Å²) in [6.45, 7) is 3.66. The highest BCUT2D eigenvalue weighted by molar-refractivity contribution is 5.94. The number of hydrogen-bond acceptors (Lipinski definition) is 2. The predicted molar refractivity (Wildman–Crippen MR) is 42.8 cm³/mol. The van der Waals surface area contributed by atoms with Crippen LogP contribution in [0.3, 0.4) is 0 Å². The van der Waals surface area contributed by atoms with Gasteiger partial charge in [-0.25, -0.2) is 9.59 Å². The summed E-state index contributed by atoms with van der Waals surface area (Å²) < 4.78 is 0. The molecule has 0 aliphatic heterocycles. The van der Waals surface area contributed by atoms with Crippen molar-refractivity contribution in [3.63, 3.8) is 0 Å². The first-order valence-electron chi connectivity index (χ1n) is 3.60. The van der Waals surface area contributed by atoms with Gasteiger partial charge in [0, 0.05) is 11.6 Å². The van der Waals surface area contributed by atoms with E-state index in [0.29, 0.717) is 0 Å². The Hall–Kier alpha value is -1.32. The number of hydrogen-bond donors (Lipinski definition) is 2. The SMILES string of the molecule is CC(C)CC(=CC(=O)O)C(=O)O. The van der Waals surface area contributed by atoms with E-state index < -0.39 is 11.9 Å². The molecule has 0 spiro atoms. The summed E-state index contributed by atoms with van der Waals surface area (Å²) in [5.41, 5.74) is -0.0579. The highest BCUT2D eigenvalue weighted by atomic mass is 16.4. The van der Waals surface area contributed by atoms with Crippen LogP contribution >= 0.6 is 0 Å². The van der Waals surface area contributed by atoms with E-state index in [1.807, 2.05) is 13.8 Å². The lowest BCUT2D eigenvalue weighted by Gasteiger charge is -2.03. The fourth-order valence-corrected chi connectivity index (χ4v) is 0.797. The van der Waals surface area contributed by atoms with Gasteiger partial charge in [-0.1, -0.05) is 13.8 Å². The Morgan fingerprint density at radius 1 is 1.33 bits per heavy atom. The second-order valence-electron chi connectivity index (χ2n) is 2.91. The Morgan fingerprint density at radius 3 is 2.08 bits per heavy atom. The van der Waals surface area contributed by atoms with Crippen molar-refractivity contribution in [2.24, 2.45) is 5.92 Å². The largest absolute Gasteiger partial charge is 0.478 e. The fourth-order valence-electron chi connectivity index (χ4n) is 0.797. The topological polar surface area (TPSA) is 74.6 Å². The van der Waals surface area contributed by atoms with Crippen LogP contribution in [0.15, 0.2) is 11.6 Å². The monoisotopic (exact) mass is 172 g/mol. The summed E-state index contributed by atoms with van der Waals surface area (Å²) in [6.07, 6.45) is 1.02. The molecular formula is C8H12O4. The second kappa shape index (κ2) is 4.54. The first kappa shape index (κ1) is 10.7. The normalized spacial score (nSPS) is 11.8. The van der Waals surface area contributed by atoms with E-state index in [1.54, 1.807) is 0 Å². The van der Waals surface area contributed by atoms with Crippen molar-refractivity contribution in [1.29, 1.82) is 0 Å². The van der Waals surface area contributed by atoms with E-state index in [9.17, 15) is 9.59 Å². The van der Waals surface area contributed by atoms with Gasteiger partial charge in [-0.3, -0.25) is 0 Å². The molecule has 0 atom stereocenters. The van der Waals surface area contributed by atoms with E-state index in [0.717, 1.165) is 6.08 Å². The van der Waals surface area contributed by atoms with Gasteiger partial charge in [0.1, 0.15) is 0 Å². The zero-order chi connectivity index (χ0) is 9.72. The molecule has 2 N–H and O–H groups in total. The molecule has 0 fully saturated rings. The zero-order valence-corrected chi connectivity index (χ0v) is 7.07. The quantitative estimate of drug-likeness (QED) is 0.623. The summed E-state index contributed by atoms with van der Waals surface area (Å²) in [5, 5.41) is 16.8. The average molecular weight is 172 g/mol. The van der Waals surface area contributed by atoms with Crippen molar-refractivity contribution in [2.75, 3.05) is 0 Å². The zero-order valence-electron chi connectivity index (χ0n) is 7.07. The summed E-state index contributed by atoms with van der Waals surface area (Å²) in [6, 6.07) is 0. The van der Waals surface area contributed by atoms with Crippen LogP contribution in [0.2, 0.25) is 0 Å². The lowest BCUT2D eigenvalue weighted by Crippen LogP contribution is -2.06. The Balaban J connectivity index is 4.44. The summed E-state index contributed by atoms with van der Waals surface area (Å²) in [7, 11) is 0. The molecule has 0 aromatic carbocycles. The van der Waals surface area contributed by atoms with Crippen molar-refractivity contribution >= 4 is 11.9 Å². The molecule has 0 radical (unpaired) electrons. The third-order valence-corrected chi connectivity index (χ3v) is 1.20. The van der Waals surface area contributed by atoms with Gasteiger partial charge in [-0.15, -0.1) is 0 Å². The van der Waals surface area contributed by atoms with Gasteiger partial charge in [-0.2, -0.15) is 0 Å². The number of carboxylic acid groups (broad SMARTS) is 2. The molecule has 0 unspecified atom stereocenters. The van der Waals surface area contributed by atoms with Crippen LogP contribution in [0.25, 0.3) is 0 Å². The van der Waals surface area contributed by atoms with Gasteiger partial charge >= 0.3 is 11.9 Å². The van der Waals surface area contributed by atoms with Gasteiger partial charge in [0.25, 0.3) is 0 Å². The second-order valence-corrected chi connectivity index (χ2v) is 2.91. The molecule has 0 aromatic rings. The van der Waals surface area contributed by atoms with Gasteiger partial charge in [0.15, 0.2) is 0 Å². The molecule has 12 heavy (non-hydrogen) atoms. The molecule has 0 aromatic heterocycles. The molecule has 0 saturated carbocycles. The minimum atomic E-state index is -1.21. The minimum Gasteiger partial charge on any atom is -0.478 e. The minimum absolute atomic E-state index is 0.0579. The molecule has 0 amide bonds. The van der Waals surface area contributed by atoms with Crippen LogP contribution in [-0.4, -0.2) is 22.2 Å². The van der Waals surface area contributed by atoms with E-state index in [2.05, 4.69) is 0 Å². The number of carbonyl (C=O) groups is 2. The summed E-state index contributed by atoms with van der Waals surface area (Å²) in [5.74, 6) is -2.23. The molecule has 0 rings (SSSR count). The third-order valence-electron chi connectivity index (χ3n) is 1.20. The molecule has 0 saturated heterocycles. The smallest absolute Gasteiger partial charge is 0.331 e. The maximum Gasteiger partial charge on any atom is 0.331 e. The van der Waals surface area contributed by atoms with Crippen LogP contribution in [0.4, 0.5) is 0 Å². The highest BCUT2D eigenvalue weighted by Crippen LogP contribution is 2.10. The molecular weight excluding hydrogens is 160 g/mol. The highest BCUT2D eigenvalue weighted by Gasteiger charge is 2.10. The van der Waals surface area contributed by atoms with Crippen molar-refractivity contribution in [2.45, 2.75) is 20.3 Å². The number of carboxylic acids is 2. The van der Waals surface area contributed by atoms with E-state index in [1.165, 1.54) is 0 Å². The first-order chi connectivity index (χ1) is 5.43. The van der Waals surface area contributed by atoms with Gasteiger partial charge in [-0.05, 0) is 12.3 Å². The van der Waals surface area contributed by atoms with Crippen LogP contribution in [0, 0.1) is 5.92 Å². The fraction of sp³-hybridized carbons (Fsp3) is 0.500. The Morgan fingerprint density at radius 2 is 1.83 bits per heavy atom. The van der Waals surface area contributed by atoms with Crippen molar-refractivity contribution in [3.05, 3.63) is 11.6 Å². The van der Waals surface area contributed by atoms with Crippen LogP contribution in [0.1, 0.15) is 20.3 Å². The predicted octanol–water partition coefficient (Wildman–Crippen LogP) is 1.13. The third kappa shape index (κ3) is 4.49. The van der Waals surface area contributed by atoms with Gasteiger partial charge in [0.2, 0.25) is 0 Å². The molecule has 4 heteroatoms. The molecule has 0 aliphatic rings. The molecule has 4 nitrogen and oxygen atoms in total. The molecule has 0 aliphatic carbocycles. The van der Waals surface area contributed by atoms with Crippen LogP contribution < -0.4 is 0 Å². The maximum atomic E-state index is 10.4. The molecule has 0 heterocycles. The van der Waals surface area contributed by atoms with Gasteiger partial charge in [0.05, 0.1) is 0 Å². The number of aliphatic carboxylic acids is 2. The van der Waals surface area contributed by atoms with E-state index in [-0.39, 0.29) is 17.9 Å². The summed E-state index contributed by atoms with van der Waals surface area (Å²) >= 11 is 0. The number of rotatable bonds is 4. The molecule has 0 bridgehead atoms. The van der Waals surface area contributed by atoms with Crippen molar-refractivity contribution in [1.82, 2.24) is 0 Å². The summed E-state index contributed by atoms with van der Waals surface area (Å²) in [4.78, 5) is 20.6. The van der Waals surface area contributed by atoms with Gasteiger partial charge < -0.3 is 10.2 Å². The Labute approximate surface area is 70.5 Å². The van der Waals surface area contributed by atoms with E-state index in [4.69, 9.17) is 10.2 Å². The maximum absolute atomic E-state index is 10.4. The lowest BCUT2D eigenvalue weighted by atomic mass is 10.0. The molecule has 68 valence electrons. The first-order valence-corrected chi connectivity index (χ1v) is 3.60. The lowest BCUT2D eigenvalue weighted by molar-refractivity contribution is -0.135.